The molecule has 1 fully saturated rings. The van der Waals surface area contributed by atoms with Crippen LogP contribution in [0.2, 0.25) is 0 Å². The highest BCUT2D eigenvalue weighted by molar-refractivity contribution is 5.82. The molecule has 0 saturated heterocycles. The summed E-state index contributed by atoms with van der Waals surface area (Å²) in [6.07, 6.45) is 13.2. The molecule has 1 aromatic carbocycles. The molecule has 0 spiro atoms. The number of allylic oxidation sites excluding steroid dienone is 2. The molecule has 1 saturated carbocycles. The first kappa shape index (κ1) is 26.7. The normalized spacial score (nSPS) is 21.0. The van der Waals surface area contributed by atoms with Crippen LogP contribution in [0.5, 0.6) is 17.2 Å². The maximum absolute atomic E-state index is 12.6. The maximum Gasteiger partial charge on any atom is 0.329 e. The zero-order chi connectivity index (χ0) is 27.3. The standard InChI is InChI=1S/C26H32N6O6/c1-36-20-13-17(14-21(37-2)22(20)38-3)29-25-28-15-19(32(34)35)24(30-25)31-26(16-9-5-4-6-10-16)12-8-7-11-18(26)23(27)33/h7-8,11-16,18H,4-6,9-10H2,1-3H3,(H2,27,33)(H2,28,29,30,31). The molecule has 2 aliphatic rings. The number of rotatable bonds is 10. The van der Waals surface area contributed by atoms with Gasteiger partial charge in [-0.3, -0.25) is 14.9 Å². The Hall–Kier alpha value is -4.35. The van der Waals surface area contributed by atoms with Crippen molar-refractivity contribution in [1.82, 2.24) is 9.97 Å². The average Bonchev–Trinajstić information content (AvgIpc) is 2.93. The Bertz CT molecular complexity index is 1230. The van der Waals surface area contributed by atoms with Crippen LogP contribution in [0, 0.1) is 22.0 Å². The minimum absolute atomic E-state index is 0.0169. The molecule has 202 valence electrons. The van der Waals surface area contributed by atoms with Crippen molar-refractivity contribution in [3.05, 3.63) is 52.7 Å². The molecule has 38 heavy (non-hydrogen) atoms. The Labute approximate surface area is 220 Å². The number of hydrogen-bond acceptors (Lipinski definition) is 10. The van der Waals surface area contributed by atoms with E-state index < -0.39 is 22.3 Å². The second kappa shape index (κ2) is 11.4. The zero-order valence-electron chi connectivity index (χ0n) is 21.6. The van der Waals surface area contributed by atoms with Gasteiger partial charge >= 0.3 is 5.69 Å². The van der Waals surface area contributed by atoms with Gasteiger partial charge in [0.1, 0.15) is 6.20 Å². The summed E-state index contributed by atoms with van der Waals surface area (Å²) in [5.74, 6) is 0.109. The number of nitrogens with zero attached hydrogens (tertiary/aromatic N) is 3. The van der Waals surface area contributed by atoms with Gasteiger partial charge in [0.05, 0.1) is 37.7 Å². The molecular formula is C26H32N6O6. The van der Waals surface area contributed by atoms with Crippen LogP contribution in [0.3, 0.4) is 0 Å². The minimum Gasteiger partial charge on any atom is -0.493 e. The predicted octanol–water partition coefficient (Wildman–Crippen LogP) is 4.11. The predicted molar refractivity (Wildman–Crippen MR) is 142 cm³/mol. The summed E-state index contributed by atoms with van der Waals surface area (Å²) >= 11 is 0. The van der Waals surface area contributed by atoms with Crippen molar-refractivity contribution in [2.45, 2.75) is 37.6 Å². The van der Waals surface area contributed by atoms with Crippen molar-refractivity contribution in [3.8, 4) is 17.2 Å². The highest BCUT2D eigenvalue weighted by Gasteiger charge is 2.47. The molecule has 4 rings (SSSR count). The van der Waals surface area contributed by atoms with E-state index in [0.29, 0.717) is 22.9 Å². The first-order valence-corrected chi connectivity index (χ1v) is 12.3. The number of aromatic nitrogens is 2. The highest BCUT2D eigenvalue weighted by Crippen LogP contribution is 2.44. The molecule has 2 unspecified atom stereocenters. The van der Waals surface area contributed by atoms with Crippen molar-refractivity contribution in [3.63, 3.8) is 0 Å². The van der Waals surface area contributed by atoms with Gasteiger partial charge in [-0.25, -0.2) is 4.98 Å². The first-order valence-electron chi connectivity index (χ1n) is 12.3. The van der Waals surface area contributed by atoms with Gasteiger partial charge in [-0.15, -0.1) is 0 Å². The molecular weight excluding hydrogens is 492 g/mol. The maximum atomic E-state index is 12.6. The quantitative estimate of drug-likeness (QED) is 0.304. The fourth-order valence-electron chi connectivity index (χ4n) is 5.32. The molecule has 12 nitrogen and oxygen atoms in total. The molecule has 2 aromatic rings. The molecule has 4 N–H and O–H groups in total. The number of hydrogen-bond donors (Lipinski definition) is 3. The van der Waals surface area contributed by atoms with Gasteiger partial charge in [-0.2, -0.15) is 4.98 Å². The number of carbonyl (C=O) groups is 1. The summed E-state index contributed by atoms with van der Waals surface area (Å²) in [5.41, 5.74) is 5.06. The van der Waals surface area contributed by atoms with Gasteiger partial charge in [0.25, 0.3) is 0 Å². The lowest BCUT2D eigenvalue weighted by Crippen LogP contribution is -2.55. The van der Waals surface area contributed by atoms with E-state index >= 15 is 0 Å². The molecule has 1 heterocycles. The van der Waals surface area contributed by atoms with Crippen molar-refractivity contribution in [1.29, 1.82) is 0 Å². The minimum atomic E-state index is -0.968. The Morgan fingerprint density at radius 2 is 1.79 bits per heavy atom. The number of methoxy groups -OCH3 is 3. The Kier molecular flexibility index (Phi) is 7.99. The van der Waals surface area contributed by atoms with E-state index in [2.05, 4.69) is 20.6 Å². The number of anilines is 3. The van der Waals surface area contributed by atoms with Crippen LogP contribution in [0.15, 0.2) is 42.6 Å². The number of ether oxygens (including phenoxy) is 3. The lowest BCUT2D eigenvalue weighted by molar-refractivity contribution is -0.384. The van der Waals surface area contributed by atoms with E-state index in [1.54, 1.807) is 24.3 Å². The molecule has 0 aliphatic heterocycles. The summed E-state index contributed by atoms with van der Waals surface area (Å²) in [6.45, 7) is 0. The molecule has 0 radical (unpaired) electrons. The van der Waals surface area contributed by atoms with Gasteiger partial charge < -0.3 is 30.6 Å². The molecule has 0 bridgehead atoms. The van der Waals surface area contributed by atoms with Crippen LogP contribution in [0.4, 0.5) is 23.1 Å². The Balaban J connectivity index is 1.76. The van der Waals surface area contributed by atoms with Gasteiger partial charge in [0, 0.05) is 17.8 Å². The molecule has 2 atom stereocenters. The fourth-order valence-corrected chi connectivity index (χ4v) is 5.32. The number of nitro groups is 1. The highest BCUT2D eigenvalue weighted by atomic mass is 16.6. The van der Waals surface area contributed by atoms with Crippen LogP contribution in [0.1, 0.15) is 32.1 Å². The largest absolute Gasteiger partial charge is 0.493 e. The number of primary amides is 1. The smallest absolute Gasteiger partial charge is 0.329 e. The topological polar surface area (TPSA) is 164 Å². The monoisotopic (exact) mass is 524 g/mol. The van der Waals surface area contributed by atoms with E-state index in [9.17, 15) is 14.9 Å². The molecule has 1 amide bonds. The third kappa shape index (κ3) is 5.20. The second-order valence-corrected chi connectivity index (χ2v) is 9.24. The summed E-state index contributed by atoms with van der Waals surface area (Å²) in [6, 6.07) is 3.33. The molecule has 1 aromatic heterocycles. The van der Waals surface area contributed by atoms with Crippen molar-refractivity contribution >= 4 is 29.0 Å². The number of nitrogens with two attached hydrogens (primary N) is 1. The van der Waals surface area contributed by atoms with Gasteiger partial charge in [-0.1, -0.05) is 43.6 Å². The van der Waals surface area contributed by atoms with E-state index in [4.69, 9.17) is 19.9 Å². The van der Waals surface area contributed by atoms with E-state index in [1.807, 2.05) is 12.2 Å². The Morgan fingerprint density at radius 1 is 1.11 bits per heavy atom. The van der Waals surface area contributed by atoms with Crippen molar-refractivity contribution in [2.24, 2.45) is 17.6 Å². The Morgan fingerprint density at radius 3 is 2.37 bits per heavy atom. The van der Waals surface area contributed by atoms with Crippen LogP contribution in [-0.2, 0) is 4.79 Å². The van der Waals surface area contributed by atoms with Crippen LogP contribution in [0.25, 0.3) is 0 Å². The van der Waals surface area contributed by atoms with Crippen molar-refractivity contribution < 1.29 is 23.9 Å². The average molecular weight is 525 g/mol. The van der Waals surface area contributed by atoms with Gasteiger partial charge in [0.2, 0.25) is 23.4 Å². The van der Waals surface area contributed by atoms with Crippen LogP contribution < -0.4 is 30.6 Å². The SMILES string of the molecule is COc1cc(Nc2ncc([N+](=O)[O-])c(NC3(C4CCCCC4)C=CC=CC3C(N)=O)n2)cc(OC)c1OC. The zero-order valence-corrected chi connectivity index (χ0v) is 21.6. The molecule has 2 aliphatic carbocycles. The van der Waals surface area contributed by atoms with Crippen LogP contribution in [-0.4, -0.2) is 47.7 Å². The summed E-state index contributed by atoms with van der Waals surface area (Å²) in [4.78, 5) is 32.6. The number of nitrogens with one attached hydrogen (secondary N) is 2. The third-order valence-corrected chi connectivity index (χ3v) is 7.11. The number of amides is 1. The second-order valence-electron chi connectivity index (χ2n) is 9.24. The fraction of sp³-hybridized carbons (Fsp3) is 0.423. The number of carbonyl (C=O) groups excluding carboxylic acids is 1. The van der Waals surface area contributed by atoms with E-state index in [0.717, 1.165) is 38.3 Å². The summed E-state index contributed by atoms with van der Waals surface area (Å²) in [5, 5.41) is 18.3. The lowest BCUT2D eigenvalue weighted by Gasteiger charge is -2.45. The number of benzene rings is 1. The van der Waals surface area contributed by atoms with E-state index in [-0.39, 0.29) is 23.4 Å². The molecule has 12 heteroatoms. The van der Waals surface area contributed by atoms with Crippen LogP contribution >= 0.6 is 0 Å². The van der Waals surface area contributed by atoms with Gasteiger partial charge in [0.15, 0.2) is 11.5 Å². The van der Waals surface area contributed by atoms with Gasteiger partial charge in [-0.05, 0) is 18.8 Å². The van der Waals surface area contributed by atoms with Crippen molar-refractivity contribution in [2.75, 3.05) is 32.0 Å². The van der Waals surface area contributed by atoms with E-state index in [1.165, 1.54) is 21.3 Å². The third-order valence-electron chi connectivity index (χ3n) is 7.11. The first-order chi connectivity index (χ1) is 18.3. The summed E-state index contributed by atoms with van der Waals surface area (Å²) in [7, 11) is 4.50. The summed E-state index contributed by atoms with van der Waals surface area (Å²) < 4.78 is 16.2. The lowest BCUT2D eigenvalue weighted by atomic mass is 9.66.